The van der Waals surface area contributed by atoms with Crippen LogP contribution in [0.3, 0.4) is 0 Å². The maximum absolute atomic E-state index is 8.94. The van der Waals surface area contributed by atoms with Gasteiger partial charge in [0, 0.05) is 4.88 Å². The molecule has 11 heavy (non-hydrogen) atoms. The molecule has 0 unspecified atom stereocenters. The molecule has 0 amide bonds. The molecule has 0 saturated heterocycles. The van der Waals surface area contributed by atoms with Gasteiger partial charge in [0.05, 0.1) is 12.1 Å². The van der Waals surface area contributed by atoms with Crippen LogP contribution in [0.25, 0.3) is 0 Å². The number of hydrogen-bond acceptors (Lipinski definition) is 3. The highest BCUT2D eigenvalue weighted by Crippen LogP contribution is 2.24. The Bertz CT molecular complexity index is 242. The van der Waals surface area contributed by atoms with Crippen molar-refractivity contribution in [3.8, 4) is 0 Å². The van der Waals surface area contributed by atoms with Crippen LogP contribution in [-0.4, -0.2) is 11.7 Å². The third kappa shape index (κ3) is 1.80. The summed E-state index contributed by atoms with van der Waals surface area (Å²) in [5.41, 5.74) is 6.44. The Morgan fingerprint density at radius 3 is 2.73 bits per heavy atom. The molecule has 1 heterocycles. The molecule has 1 aromatic rings. The highest BCUT2D eigenvalue weighted by molar-refractivity contribution is 7.10. The summed E-state index contributed by atoms with van der Waals surface area (Å²) in [6.45, 7) is 3.85. The first kappa shape index (κ1) is 8.71. The quantitative estimate of drug-likeness (QED) is 0.703. The molecule has 0 aliphatic heterocycles. The van der Waals surface area contributed by atoms with Gasteiger partial charge in [-0.15, -0.1) is 11.3 Å². The van der Waals surface area contributed by atoms with Crippen molar-refractivity contribution in [2.45, 2.75) is 19.4 Å². The molecular weight excluding hydrogens is 158 g/mol. The van der Waals surface area contributed by atoms with Crippen LogP contribution in [0.4, 0.5) is 0 Å². The van der Waals surface area contributed by atoms with Crippen molar-refractivity contribution in [1.29, 1.82) is 0 Å². The van der Waals surface area contributed by atoms with E-state index in [9.17, 15) is 0 Å². The normalized spacial score (nSPS) is 16.4. The maximum Gasteiger partial charge on any atom is 0.0709 e. The lowest BCUT2D eigenvalue weighted by Crippen LogP contribution is -2.35. The minimum Gasteiger partial charge on any atom is -0.394 e. The van der Waals surface area contributed by atoms with E-state index in [1.807, 2.05) is 25.3 Å². The van der Waals surface area contributed by atoms with Crippen LogP contribution in [0.1, 0.15) is 17.4 Å². The van der Waals surface area contributed by atoms with E-state index >= 15 is 0 Å². The van der Waals surface area contributed by atoms with E-state index in [1.54, 1.807) is 11.3 Å². The summed E-state index contributed by atoms with van der Waals surface area (Å²) < 4.78 is 0. The molecule has 0 bridgehead atoms. The number of aryl methyl sites for hydroxylation is 1. The van der Waals surface area contributed by atoms with Crippen molar-refractivity contribution < 1.29 is 5.11 Å². The highest BCUT2D eigenvalue weighted by Gasteiger charge is 2.21. The Labute approximate surface area is 70.7 Å². The van der Waals surface area contributed by atoms with E-state index < -0.39 is 5.54 Å². The summed E-state index contributed by atoms with van der Waals surface area (Å²) in [5.74, 6) is 0. The van der Waals surface area contributed by atoms with Gasteiger partial charge in [-0.1, -0.05) is 0 Å². The first-order valence-electron chi connectivity index (χ1n) is 3.51. The van der Waals surface area contributed by atoms with Gasteiger partial charge in [0.15, 0.2) is 0 Å². The number of thiophene rings is 1. The van der Waals surface area contributed by atoms with E-state index in [4.69, 9.17) is 10.8 Å². The summed E-state index contributed by atoms with van der Waals surface area (Å²) in [6, 6.07) is 2.01. The Balaban J connectivity index is 2.92. The first-order valence-corrected chi connectivity index (χ1v) is 4.39. The number of hydrogen-bond donors (Lipinski definition) is 2. The second-order valence-electron chi connectivity index (χ2n) is 3.06. The van der Waals surface area contributed by atoms with Gasteiger partial charge < -0.3 is 10.8 Å². The van der Waals surface area contributed by atoms with E-state index in [-0.39, 0.29) is 6.61 Å². The van der Waals surface area contributed by atoms with Gasteiger partial charge in [-0.3, -0.25) is 0 Å². The van der Waals surface area contributed by atoms with Gasteiger partial charge >= 0.3 is 0 Å². The molecule has 62 valence electrons. The fourth-order valence-corrected chi connectivity index (χ4v) is 1.78. The molecular formula is C8H13NOS. The molecule has 3 heteroatoms. The molecule has 0 aliphatic carbocycles. The fourth-order valence-electron chi connectivity index (χ4n) is 0.809. The Morgan fingerprint density at radius 1 is 1.73 bits per heavy atom. The van der Waals surface area contributed by atoms with Crippen molar-refractivity contribution in [2.24, 2.45) is 5.73 Å². The molecule has 0 spiro atoms. The summed E-state index contributed by atoms with van der Waals surface area (Å²) in [6.07, 6.45) is 0. The van der Waals surface area contributed by atoms with Crippen molar-refractivity contribution in [3.63, 3.8) is 0 Å². The molecule has 0 aliphatic rings. The van der Waals surface area contributed by atoms with Crippen LogP contribution < -0.4 is 5.73 Å². The van der Waals surface area contributed by atoms with Gasteiger partial charge in [0.1, 0.15) is 0 Å². The topological polar surface area (TPSA) is 46.2 Å². The minimum absolute atomic E-state index is 0.00699. The van der Waals surface area contributed by atoms with Crippen molar-refractivity contribution in [2.75, 3.05) is 6.61 Å². The summed E-state index contributed by atoms with van der Waals surface area (Å²) in [4.78, 5) is 1.04. The lowest BCUT2D eigenvalue weighted by atomic mass is 10.0. The van der Waals surface area contributed by atoms with Gasteiger partial charge in [-0.2, -0.15) is 0 Å². The zero-order valence-corrected chi connectivity index (χ0v) is 7.61. The van der Waals surface area contributed by atoms with Gasteiger partial charge in [0.25, 0.3) is 0 Å². The van der Waals surface area contributed by atoms with Gasteiger partial charge in [-0.05, 0) is 30.9 Å². The standard InChI is InChI=1S/C8H13NOS/c1-6-3-7(11-4-6)8(2,9)5-10/h3-4,10H,5,9H2,1-2H3/t8-/m0/s1. The molecule has 1 aromatic heterocycles. The zero-order chi connectivity index (χ0) is 8.48. The fraction of sp³-hybridized carbons (Fsp3) is 0.500. The molecule has 0 radical (unpaired) electrons. The van der Waals surface area contributed by atoms with Crippen LogP contribution in [0.15, 0.2) is 11.4 Å². The number of aliphatic hydroxyl groups excluding tert-OH is 1. The first-order chi connectivity index (χ1) is 5.06. The molecule has 0 saturated carbocycles. The van der Waals surface area contributed by atoms with E-state index in [2.05, 4.69) is 0 Å². The highest BCUT2D eigenvalue weighted by atomic mass is 32.1. The average molecular weight is 171 g/mol. The number of aliphatic hydroxyl groups is 1. The van der Waals surface area contributed by atoms with Crippen LogP contribution in [0.2, 0.25) is 0 Å². The number of rotatable bonds is 2. The second-order valence-corrected chi connectivity index (χ2v) is 3.98. The smallest absolute Gasteiger partial charge is 0.0709 e. The van der Waals surface area contributed by atoms with Crippen LogP contribution in [-0.2, 0) is 5.54 Å². The van der Waals surface area contributed by atoms with E-state index in [0.717, 1.165) is 4.88 Å². The second kappa shape index (κ2) is 2.93. The summed E-state index contributed by atoms with van der Waals surface area (Å²) in [7, 11) is 0. The number of nitrogens with two attached hydrogens (primary N) is 1. The average Bonchev–Trinajstić information content (AvgIpc) is 2.36. The van der Waals surface area contributed by atoms with Crippen molar-refractivity contribution >= 4 is 11.3 Å². The largest absolute Gasteiger partial charge is 0.394 e. The van der Waals surface area contributed by atoms with E-state index in [0.29, 0.717) is 0 Å². The van der Waals surface area contributed by atoms with E-state index in [1.165, 1.54) is 5.56 Å². The molecule has 0 aromatic carbocycles. The third-order valence-corrected chi connectivity index (χ3v) is 2.95. The molecule has 1 rings (SSSR count). The van der Waals surface area contributed by atoms with Gasteiger partial charge in [0.2, 0.25) is 0 Å². The zero-order valence-electron chi connectivity index (χ0n) is 6.79. The van der Waals surface area contributed by atoms with Crippen LogP contribution >= 0.6 is 11.3 Å². The summed E-state index contributed by atoms with van der Waals surface area (Å²) >= 11 is 1.60. The maximum atomic E-state index is 8.94. The SMILES string of the molecule is Cc1csc([C@@](C)(N)CO)c1. The Morgan fingerprint density at radius 2 is 2.36 bits per heavy atom. The monoisotopic (exact) mass is 171 g/mol. The predicted octanol–water partition coefficient (Wildman–Crippen LogP) is 1.22. The Hall–Kier alpha value is -0.380. The predicted molar refractivity (Wildman–Crippen MR) is 47.7 cm³/mol. The third-order valence-electron chi connectivity index (χ3n) is 1.62. The molecule has 1 atom stereocenters. The molecule has 3 N–H and O–H groups in total. The lowest BCUT2D eigenvalue weighted by Gasteiger charge is -2.19. The summed E-state index contributed by atoms with van der Waals surface area (Å²) in [5, 5.41) is 11.0. The van der Waals surface area contributed by atoms with Crippen molar-refractivity contribution in [3.05, 3.63) is 21.9 Å². The minimum atomic E-state index is -0.571. The van der Waals surface area contributed by atoms with Crippen molar-refractivity contribution in [1.82, 2.24) is 0 Å². The van der Waals surface area contributed by atoms with Crippen LogP contribution in [0.5, 0.6) is 0 Å². The van der Waals surface area contributed by atoms with Crippen LogP contribution in [0, 0.1) is 6.92 Å². The molecule has 2 nitrogen and oxygen atoms in total. The Kier molecular flexibility index (Phi) is 2.32. The molecule has 0 fully saturated rings. The lowest BCUT2D eigenvalue weighted by molar-refractivity contribution is 0.212. The van der Waals surface area contributed by atoms with Gasteiger partial charge in [-0.25, -0.2) is 0 Å².